The number of aromatic amines is 1. The minimum Gasteiger partial charge on any atom is -0.504 e. The van der Waals surface area contributed by atoms with Gasteiger partial charge in [0.25, 0.3) is 0 Å². The summed E-state index contributed by atoms with van der Waals surface area (Å²) in [6.45, 7) is 2.19. The van der Waals surface area contributed by atoms with E-state index >= 15 is 0 Å². The molecule has 8 nitrogen and oxygen atoms in total. The van der Waals surface area contributed by atoms with Crippen LogP contribution >= 0.6 is 0 Å². The molecule has 0 aliphatic heterocycles. The minimum atomic E-state index is -1.10. The lowest BCUT2D eigenvalue weighted by molar-refractivity contribution is 0.0699. The molecule has 30 heavy (non-hydrogen) atoms. The number of carbonyl (C=O) groups is 1. The lowest BCUT2D eigenvalue weighted by atomic mass is 10.0. The maximum absolute atomic E-state index is 12.1. The van der Waals surface area contributed by atoms with E-state index < -0.39 is 5.97 Å². The largest absolute Gasteiger partial charge is 0.504 e. The number of hydrogen-bond acceptors (Lipinski definition) is 6. The molecule has 2 aromatic heterocycles. The normalized spacial score (nSPS) is 10.9. The van der Waals surface area contributed by atoms with Gasteiger partial charge in [-0.15, -0.1) is 0 Å². The summed E-state index contributed by atoms with van der Waals surface area (Å²) in [4.78, 5) is 16.6. The van der Waals surface area contributed by atoms with Gasteiger partial charge in [-0.05, 0) is 43.3 Å². The first kappa shape index (κ1) is 19.3. The van der Waals surface area contributed by atoms with E-state index in [4.69, 9.17) is 9.47 Å². The van der Waals surface area contributed by atoms with Crippen LogP contribution < -0.4 is 9.47 Å². The number of fused-ring (bicyclic) bond motifs is 1. The second-order valence-electron chi connectivity index (χ2n) is 6.50. The molecule has 8 heteroatoms. The molecular formula is C22H19N3O5. The predicted octanol–water partition coefficient (Wildman–Crippen LogP) is 4.10. The van der Waals surface area contributed by atoms with E-state index in [1.165, 1.54) is 12.1 Å². The predicted molar refractivity (Wildman–Crippen MR) is 111 cm³/mol. The molecule has 152 valence electrons. The number of nitrogens with zero attached hydrogens (tertiary/aromatic N) is 2. The zero-order valence-electron chi connectivity index (χ0n) is 16.3. The molecule has 0 unspecified atom stereocenters. The molecular weight excluding hydrogens is 386 g/mol. The Morgan fingerprint density at radius 2 is 1.97 bits per heavy atom. The zero-order valence-corrected chi connectivity index (χ0v) is 16.3. The van der Waals surface area contributed by atoms with Crippen molar-refractivity contribution in [3.05, 3.63) is 54.1 Å². The number of rotatable bonds is 6. The van der Waals surface area contributed by atoms with Crippen molar-refractivity contribution in [2.24, 2.45) is 0 Å². The number of ether oxygens (including phenoxy) is 2. The molecule has 0 saturated heterocycles. The van der Waals surface area contributed by atoms with Gasteiger partial charge in [0.1, 0.15) is 5.75 Å². The van der Waals surface area contributed by atoms with Crippen LogP contribution in [-0.2, 0) is 0 Å². The van der Waals surface area contributed by atoms with Crippen LogP contribution in [0.2, 0.25) is 0 Å². The lowest BCUT2D eigenvalue weighted by Gasteiger charge is -2.09. The first-order chi connectivity index (χ1) is 14.5. The summed E-state index contributed by atoms with van der Waals surface area (Å²) in [5, 5.41) is 27.3. The van der Waals surface area contributed by atoms with Crippen molar-refractivity contribution in [3.63, 3.8) is 0 Å². The first-order valence-corrected chi connectivity index (χ1v) is 9.24. The van der Waals surface area contributed by atoms with E-state index in [9.17, 15) is 15.0 Å². The fourth-order valence-corrected chi connectivity index (χ4v) is 3.27. The highest BCUT2D eigenvalue weighted by molar-refractivity contribution is 6.08. The van der Waals surface area contributed by atoms with Gasteiger partial charge >= 0.3 is 5.97 Å². The van der Waals surface area contributed by atoms with Crippen LogP contribution in [0, 0.1) is 0 Å². The fraction of sp³-hybridized carbons (Fsp3) is 0.136. The minimum absolute atomic E-state index is 0.000201. The number of H-pyrrole nitrogens is 1. The second-order valence-corrected chi connectivity index (χ2v) is 6.50. The van der Waals surface area contributed by atoms with E-state index in [-0.39, 0.29) is 17.0 Å². The molecule has 0 saturated carbocycles. The number of methoxy groups -OCH3 is 1. The number of phenolic OH excluding ortho intramolecular Hbond substituents is 1. The molecule has 0 spiro atoms. The van der Waals surface area contributed by atoms with Gasteiger partial charge in [0.05, 0.1) is 36.1 Å². The van der Waals surface area contributed by atoms with Gasteiger partial charge in [0.2, 0.25) is 0 Å². The van der Waals surface area contributed by atoms with Gasteiger partial charge in [-0.25, -0.2) is 9.78 Å². The smallest absolute Gasteiger partial charge is 0.336 e. The molecule has 3 N–H and O–H groups in total. The van der Waals surface area contributed by atoms with Crippen molar-refractivity contribution in [2.45, 2.75) is 6.92 Å². The van der Waals surface area contributed by atoms with Crippen molar-refractivity contribution in [3.8, 4) is 39.8 Å². The van der Waals surface area contributed by atoms with Crippen molar-refractivity contribution in [2.75, 3.05) is 13.7 Å². The summed E-state index contributed by atoms with van der Waals surface area (Å²) in [7, 11) is 1.56. The van der Waals surface area contributed by atoms with Crippen molar-refractivity contribution >= 4 is 17.0 Å². The highest BCUT2D eigenvalue weighted by atomic mass is 16.5. The van der Waals surface area contributed by atoms with Crippen LogP contribution in [0.15, 0.2) is 48.5 Å². The van der Waals surface area contributed by atoms with Gasteiger partial charge < -0.3 is 19.7 Å². The first-order valence-electron chi connectivity index (χ1n) is 9.24. The third-order valence-corrected chi connectivity index (χ3v) is 4.67. The number of pyridine rings is 1. The van der Waals surface area contributed by atoms with Crippen molar-refractivity contribution in [1.82, 2.24) is 15.2 Å². The van der Waals surface area contributed by atoms with Gasteiger partial charge in [-0.2, -0.15) is 5.10 Å². The Morgan fingerprint density at radius 3 is 2.70 bits per heavy atom. The van der Waals surface area contributed by atoms with E-state index in [0.717, 1.165) is 5.56 Å². The Bertz CT molecular complexity index is 1250. The summed E-state index contributed by atoms with van der Waals surface area (Å²) < 4.78 is 10.7. The molecule has 0 aliphatic carbocycles. The number of carboxylic acid groups (broad SMARTS) is 1. The van der Waals surface area contributed by atoms with E-state index in [1.54, 1.807) is 31.4 Å². The number of aromatic carboxylic acids is 1. The number of phenols is 1. The Kier molecular flexibility index (Phi) is 4.97. The molecule has 0 fully saturated rings. The molecule has 2 heterocycles. The molecule has 4 aromatic rings. The zero-order chi connectivity index (χ0) is 21.3. The lowest BCUT2D eigenvalue weighted by Crippen LogP contribution is -2.00. The Hall–Kier alpha value is -4.07. The summed E-state index contributed by atoms with van der Waals surface area (Å²) in [6.07, 6.45) is 0. The highest BCUT2D eigenvalue weighted by Crippen LogP contribution is 2.35. The maximum atomic E-state index is 12.1. The van der Waals surface area contributed by atoms with Crippen molar-refractivity contribution < 1.29 is 24.5 Å². The third kappa shape index (κ3) is 3.39. The van der Waals surface area contributed by atoms with Crippen molar-refractivity contribution in [1.29, 1.82) is 0 Å². The quantitative estimate of drug-likeness (QED) is 0.442. The molecule has 0 amide bonds. The number of aromatic hydroxyl groups is 1. The fourth-order valence-electron chi connectivity index (χ4n) is 3.27. The van der Waals surface area contributed by atoms with Crippen LogP contribution in [0.5, 0.6) is 17.2 Å². The van der Waals surface area contributed by atoms with E-state index in [1.807, 2.05) is 19.1 Å². The average molecular weight is 405 g/mol. The molecule has 0 radical (unpaired) electrons. The summed E-state index contributed by atoms with van der Waals surface area (Å²) >= 11 is 0. The summed E-state index contributed by atoms with van der Waals surface area (Å²) in [5.41, 5.74) is 2.62. The van der Waals surface area contributed by atoms with E-state index in [0.29, 0.717) is 40.4 Å². The maximum Gasteiger partial charge on any atom is 0.336 e. The van der Waals surface area contributed by atoms with Crippen LogP contribution in [0.3, 0.4) is 0 Å². The SMILES string of the molecule is CCOc1cc(-c2cc(C(=O)O)c3c(-c4cccc(OC)c4)[nH]nc3n2)ccc1O. The van der Waals surface area contributed by atoms with Gasteiger partial charge in [0.15, 0.2) is 17.1 Å². The Labute approximate surface area is 171 Å². The topological polar surface area (TPSA) is 118 Å². The van der Waals surface area contributed by atoms with Gasteiger partial charge in [-0.1, -0.05) is 12.1 Å². The van der Waals surface area contributed by atoms with Gasteiger partial charge in [-0.3, -0.25) is 5.10 Å². The van der Waals surface area contributed by atoms with Crippen LogP contribution in [0.4, 0.5) is 0 Å². The van der Waals surface area contributed by atoms with Gasteiger partial charge in [0, 0.05) is 11.1 Å². The number of aromatic nitrogens is 3. The molecule has 0 atom stereocenters. The number of carboxylic acids is 1. The molecule has 0 bridgehead atoms. The number of hydrogen-bond donors (Lipinski definition) is 3. The summed E-state index contributed by atoms with van der Waals surface area (Å²) in [6, 6.07) is 13.5. The monoisotopic (exact) mass is 405 g/mol. The Balaban J connectivity index is 1.90. The second kappa shape index (κ2) is 7.75. The molecule has 2 aromatic carbocycles. The third-order valence-electron chi connectivity index (χ3n) is 4.67. The number of benzene rings is 2. The molecule has 0 aliphatic rings. The van der Waals surface area contributed by atoms with Crippen LogP contribution in [-0.4, -0.2) is 45.1 Å². The average Bonchev–Trinajstić information content (AvgIpc) is 3.18. The molecule has 4 rings (SSSR count). The van der Waals surface area contributed by atoms with Crippen LogP contribution in [0.25, 0.3) is 33.5 Å². The number of nitrogens with one attached hydrogen (secondary N) is 1. The van der Waals surface area contributed by atoms with Crippen LogP contribution in [0.1, 0.15) is 17.3 Å². The highest BCUT2D eigenvalue weighted by Gasteiger charge is 2.20. The van der Waals surface area contributed by atoms with E-state index in [2.05, 4.69) is 15.2 Å². The Morgan fingerprint density at radius 1 is 1.13 bits per heavy atom. The summed E-state index contributed by atoms with van der Waals surface area (Å²) in [5.74, 6) is -0.157. The standard InChI is InChI=1S/C22H19N3O5/c1-3-30-18-10-12(7-8-17(18)26)16-11-15(22(27)28)19-20(24-25-21(19)23-16)13-5-4-6-14(9-13)29-2/h4-11,26H,3H2,1-2H3,(H,27,28)(H,23,24,25).